The Kier molecular flexibility index (Phi) is 9.91. The summed E-state index contributed by atoms with van der Waals surface area (Å²) in [6.07, 6.45) is 25.8. The Balaban J connectivity index is 1.69. The molecule has 0 radical (unpaired) electrons. The fraction of sp³-hybridized carbons (Fsp3) is 0.122. The summed E-state index contributed by atoms with van der Waals surface area (Å²) in [7, 11) is 0. The third kappa shape index (κ3) is 7.26. The number of nitrogens with zero attached hydrogens (tertiary/aromatic N) is 1. The van der Waals surface area contributed by atoms with Gasteiger partial charge in [-0.1, -0.05) is 124 Å². The van der Waals surface area contributed by atoms with Crippen LogP contribution in [0.15, 0.2) is 164 Å². The summed E-state index contributed by atoms with van der Waals surface area (Å²) in [6.45, 7) is 15.3. The second-order valence-electron chi connectivity index (χ2n) is 11.2. The van der Waals surface area contributed by atoms with Gasteiger partial charge in [-0.05, 0) is 100.0 Å². The van der Waals surface area contributed by atoms with E-state index in [4.69, 9.17) is 5.73 Å². The summed E-state index contributed by atoms with van der Waals surface area (Å²) in [5.41, 5.74) is 16.7. The van der Waals surface area contributed by atoms with Gasteiger partial charge in [0.2, 0.25) is 0 Å². The second-order valence-corrected chi connectivity index (χ2v) is 11.2. The lowest BCUT2D eigenvalue weighted by Crippen LogP contribution is -2.21. The van der Waals surface area contributed by atoms with Gasteiger partial charge in [-0.15, -0.1) is 0 Å². The zero-order chi connectivity index (χ0) is 30.9. The van der Waals surface area contributed by atoms with Crippen molar-refractivity contribution in [2.45, 2.75) is 19.4 Å². The van der Waals surface area contributed by atoms with Gasteiger partial charge in [0.25, 0.3) is 0 Å². The van der Waals surface area contributed by atoms with Gasteiger partial charge in [-0.3, -0.25) is 0 Å². The Morgan fingerprint density at radius 2 is 1.68 bits per heavy atom. The molecule has 2 atom stereocenters. The first-order valence-corrected chi connectivity index (χ1v) is 15.1. The number of benzene rings is 3. The minimum absolute atomic E-state index is 0.262. The van der Waals surface area contributed by atoms with Crippen molar-refractivity contribution in [1.82, 2.24) is 5.32 Å². The number of rotatable bonds is 9. The molecule has 2 unspecified atom stereocenters. The van der Waals surface area contributed by atoms with Crippen LogP contribution < -0.4 is 16.0 Å². The summed E-state index contributed by atoms with van der Waals surface area (Å²) >= 11 is 0. The Morgan fingerprint density at radius 3 is 2.43 bits per heavy atom. The Morgan fingerprint density at radius 1 is 0.909 bits per heavy atom. The number of allylic oxidation sites excluding steroid dienone is 9. The number of nitrogens with one attached hydrogen (secondary N) is 1. The van der Waals surface area contributed by atoms with E-state index in [1.54, 1.807) is 6.08 Å². The molecule has 2 aliphatic rings. The minimum Gasteiger partial charge on any atom is -0.381 e. The molecule has 0 amide bonds. The molecule has 0 fully saturated rings. The maximum Gasteiger partial charge on any atom is 0.0709 e. The summed E-state index contributed by atoms with van der Waals surface area (Å²) in [5, 5.41) is 3.35. The van der Waals surface area contributed by atoms with Crippen LogP contribution in [0, 0.1) is 5.92 Å². The van der Waals surface area contributed by atoms with Crippen LogP contribution in [0.5, 0.6) is 0 Å². The van der Waals surface area contributed by atoms with Crippen LogP contribution in [-0.4, -0.2) is 6.54 Å². The molecule has 0 aromatic heterocycles. The molecule has 0 aliphatic carbocycles. The van der Waals surface area contributed by atoms with Gasteiger partial charge in [0, 0.05) is 6.20 Å². The van der Waals surface area contributed by atoms with Crippen LogP contribution in [0.4, 0.5) is 11.4 Å². The van der Waals surface area contributed by atoms with E-state index in [0.29, 0.717) is 12.5 Å². The highest BCUT2D eigenvalue weighted by Crippen LogP contribution is 2.37. The molecule has 3 nitrogen and oxygen atoms in total. The molecule has 2 aliphatic heterocycles. The van der Waals surface area contributed by atoms with E-state index < -0.39 is 0 Å². The van der Waals surface area contributed by atoms with E-state index in [1.165, 1.54) is 11.1 Å². The highest BCUT2D eigenvalue weighted by atomic mass is 15.1. The fourth-order valence-electron chi connectivity index (χ4n) is 5.14. The van der Waals surface area contributed by atoms with Crippen molar-refractivity contribution in [3.8, 4) is 11.1 Å². The third-order valence-corrected chi connectivity index (χ3v) is 7.90. The van der Waals surface area contributed by atoms with Gasteiger partial charge >= 0.3 is 0 Å². The maximum absolute atomic E-state index is 5.88. The van der Waals surface area contributed by atoms with Gasteiger partial charge in [0.15, 0.2) is 0 Å². The van der Waals surface area contributed by atoms with E-state index in [2.05, 4.69) is 158 Å². The van der Waals surface area contributed by atoms with Crippen LogP contribution in [0.1, 0.15) is 36.1 Å². The minimum atomic E-state index is 0.262. The first-order chi connectivity index (χ1) is 21.5. The predicted molar refractivity (Wildman–Crippen MR) is 191 cm³/mol. The van der Waals surface area contributed by atoms with Crippen LogP contribution >= 0.6 is 0 Å². The topological polar surface area (TPSA) is 41.3 Å². The molecular formula is C41H41N3. The fourth-order valence-corrected chi connectivity index (χ4v) is 5.14. The molecule has 44 heavy (non-hydrogen) atoms. The van der Waals surface area contributed by atoms with E-state index in [9.17, 15) is 0 Å². The normalized spacial score (nSPS) is 19.8. The lowest BCUT2D eigenvalue weighted by Gasteiger charge is -2.26. The number of fused-ring (bicyclic) bond motifs is 1. The number of hydrogen-bond donors (Lipinski definition) is 2. The summed E-state index contributed by atoms with van der Waals surface area (Å²) in [5.74, 6) is 0.316. The molecule has 0 spiro atoms. The van der Waals surface area contributed by atoms with Crippen LogP contribution in [0.2, 0.25) is 0 Å². The Labute approximate surface area is 262 Å². The van der Waals surface area contributed by atoms with Crippen LogP contribution in [0.25, 0.3) is 23.3 Å². The highest BCUT2D eigenvalue weighted by molar-refractivity contribution is 5.84. The molecular weight excluding hydrogens is 534 g/mol. The lowest BCUT2D eigenvalue weighted by atomic mass is 9.95. The second kappa shape index (κ2) is 14.4. The monoisotopic (exact) mass is 575 g/mol. The van der Waals surface area contributed by atoms with Crippen molar-refractivity contribution in [2.75, 3.05) is 11.4 Å². The standard InChI is InChI=1S/C41H41N3/c1-5-6-13-34-14-7-8-17-40(34)44-29-33(12-9-11-30(2)28-42)20-18-31(3)32(4)19-21-38-27-36(22-23-41(38)44)35-15-10-16-37(26-35)39-24-25-43-39/h5-11,13-27,29-30,39,43H,1,3-4,12,28,42H2,2H3/b11-9-,13-6-,20-18-,21-19-,33-29-. The molecule has 0 bridgehead atoms. The van der Waals surface area contributed by atoms with E-state index in [0.717, 1.165) is 51.2 Å². The van der Waals surface area contributed by atoms with E-state index in [-0.39, 0.29) is 6.04 Å². The Hall–Kier alpha value is -5.12. The molecule has 3 aromatic carbocycles. The van der Waals surface area contributed by atoms with Crippen molar-refractivity contribution >= 4 is 23.5 Å². The van der Waals surface area contributed by atoms with Crippen molar-refractivity contribution in [1.29, 1.82) is 0 Å². The number of nitrogens with two attached hydrogens (primary N) is 1. The Bertz CT molecular complexity index is 1730. The summed E-state index contributed by atoms with van der Waals surface area (Å²) in [6, 6.07) is 24.1. The molecule has 3 aromatic rings. The van der Waals surface area contributed by atoms with Gasteiger partial charge in [0.05, 0.1) is 17.4 Å². The van der Waals surface area contributed by atoms with Crippen molar-refractivity contribution in [3.05, 3.63) is 181 Å². The van der Waals surface area contributed by atoms with Crippen molar-refractivity contribution in [2.24, 2.45) is 11.7 Å². The SMILES string of the molecule is C=C/C=C\c1ccccc1N1/C=C(C/C=C\C(C)CN)\C=C/C(=C)C(=C)/C=C\c2cc(-c3cccc(C4C=CN4)c3)ccc21. The first kappa shape index (κ1) is 30.3. The average Bonchev–Trinajstić information content (AvgIpc) is 3.04. The lowest BCUT2D eigenvalue weighted by molar-refractivity contribution is 0.686. The number of anilines is 2. The number of hydrogen-bond acceptors (Lipinski definition) is 3. The largest absolute Gasteiger partial charge is 0.381 e. The van der Waals surface area contributed by atoms with E-state index in [1.807, 2.05) is 12.3 Å². The predicted octanol–water partition coefficient (Wildman–Crippen LogP) is 9.97. The molecule has 2 heterocycles. The molecule has 0 saturated heterocycles. The summed E-state index contributed by atoms with van der Waals surface area (Å²) in [4.78, 5) is 2.29. The van der Waals surface area contributed by atoms with E-state index >= 15 is 0 Å². The number of para-hydroxylation sites is 1. The van der Waals surface area contributed by atoms with Gasteiger partial charge < -0.3 is 16.0 Å². The first-order valence-electron chi connectivity index (χ1n) is 15.1. The zero-order valence-electron chi connectivity index (χ0n) is 25.5. The van der Waals surface area contributed by atoms with Gasteiger partial charge in [-0.25, -0.2) is 0 Å². The van der Waals surface area contributed by atoms with Crippen LogP contribution in [0.3, 0.4) is 0 Å². The maximum atomic E-state index is 5.88. The highest BCUT2D eigenvalue weighted by Gasteiger charge is 2.17. The van der Waals surface area contributed by atoms with Crippen molar-refractivity contribution in [3.63, 3.8) is 0 Å². The van der Waals surface area contributed by atoms with Gasteiger partial charge in [0.1, 0.15) is 0 Å². The molecule has 0 saturated carbocycles. The molecule has 3 N–H and O–H groups in total. The molecule has 5 rings (SSSR count). The van der Waals surface area contributed by atoms with Crippen LogP contribution in [-0.2, 0) is 0 Å². The molecule has 220 valence electrons. The quantitative estimate of drug-likeness (QED) is 0.197. The molecule has 3 heteroatoms. The summed E-state index contributed by atoms with van der Waals surface area (Å²) < 4.78 is 0. The zero-order valence-corrected chi connectivity index (χ0v) is 25.5. The smallest absolute Gasteiger partial charge is 0.0709 e. The average molecular weight is 576 g/mol. The van der Waals surface area contributed by atoms with Gasteiger partial charge in [-0.2, -0.15) is 0 Å². The van der Waals surface area contributed by atoms with Crippen molar-refractivity contribution < 1.29 is 0 Å². The third-order valence-electron chi connectivity index (χ3n) is 7.90.